The van der Waals surface area contributed by atoms with E-state index in [2.05, 4.69) is 20.8 Å². The van der Waals surface area contributed by atoms with Crippen molar-refractivity contribution < 1.29 is 9.53 Å². The van der Waals surface area contributed by atoms with Gasteiger partial charge in [0, 0.05) is 11.0 Å². The summed E-state index contributed by atoms with van der Waals surface area (Å²) in [6, 6.07) is 5.57. The van der Waals surface area contributed by atoms with Crippen LogP contribution in [0.4, 0.5) is 0 Å². The normalized spacial score (nSPS) is 15.6. The summed E-state index contributed by atoms with van der Waals surface area (Å²) >= 11 is 3.50. The van der Waals surface area contributed by atoms with Crippen LogP contribution in [-0.2, 0) is 11.3 Å². The van der Waals surface area contributed by atoms with Crippen LogP contribution in [0, 0.1) is 0 Å². The van der Waals surface area contributed by atoms with Crippen LogP contribution in [0.1, 0.15) is 22.3 Å². The van der Waals surface area contributed by atoms with E-state index < -0.39 is 0 Å². The number of esters is 1. The molecule has 0 aromatic heterocycles. The maximum Gasteiger partial charge on any atom is 0.337 e. The average Bonchev–Trinajstić information content (AvgIpc) is 2.24. The molecule has 0 spiro atoms. The molecule has 0 atom stereocenters. The summed E-state index contributed by atoms with van der Waals surface area (Å²) in [6.45, 7) is 3.19. The first-order chi connectivity index (χ1) is 7.70. The van der Waals surface area contributed by atoms with Gasteiger partial charge in [-0.3, -0.25) is 4.90 Å². The fraction of sp³-hybridized carbons (Fsp3) is 0.417. The zero-order chi connectivity index (χ0) is 11.5. The van der Waals surface area contributed by atoms with Gasteiger partial charge in [-0.15, -0.1) is 0 Å². The van der Waals surface area contributed by atoms with Crippen molar-refractivity contribution in [1.29, 1.82) is 0 Å². The van der Waals surface area contributed by atoms with Crippen LogP contribution in [0.5, 0.6) is 0 Å². The highest BCUT2D eigenvalue weighted by atomic mass is 79.9. The van der Waals surface area contributed by atoms with Crippen molar-refractivity contribution in [3.63, 3.8) is 0 Å². The van der Waals surface area contributed by atoms with E-state index in [1.807, 2.05) is 12.1 Å². The Hall–Kier alpha value is -0.870. The maximum atomic E-state index is 11.4. The second kappa shape index (κ2) is 4.97. The highest BCUT2D eigenvalue weighted by molar-refractivity contribution is 9.10. The lowest BCUT2D eigenvalue weighted by molar-refractivity contribution is 0.0600. The van der Waals surface area contributed by atoms with Gasteiger partial charge in [-0.05, 0) is 43.3 Å². The number of likely N-dealkylation sites (tertiary alicyclic amines) is 1. The van der Waals surface area contributed by atoms with Gasteiger partial charge in [0.25, 0.3) is 0 Å². The van der Waals surface area contributed by atoms with Crippen molar-refractivity contribution in [3.05, 3.63) is 33.8 Å². The quantitative estimate of drug-likeness (QED) is 0.798. The van der Waals surface area contributed by atoms with Crippen LogP contribution < -0.4 is 0 Å². The van der Waals surface area contributed by atoms with E-state index in [0.29, 0.717) is 5.56 Å². The number of carbonyl (C=O) groups is 1. The molecule has 0 radical (unpaired) electrons. The number of methoxy groups -OCH3 is 1. The van der Waals surface area contributed by atoms with Gasteiger partial charge in [0.1, 0.15) is 0 Å². The molecule has 4 heteroatoms. The summed E-state index contributed by atoms with van der Waals surface area (Å²) in [7, 11) is 1.40. The Morgan fingerprint density at radius 3 is 2.81 bits per heavy atom. The van der Waals surface area contributed by atoms with Gasteiger partial charge < -0.3 is 4.74 Å². The molecule has 1 aliphatic heterocycles. The third kappa shape index (κ3) is 2.44. The standard InChI is InChI=1S/C12H14BrNO2/c1-16-12(15)9-3-4-11(13)10(7-9)8-14-5-2-6-14/h3-4,7H,2,5-6,8H2,1H3. The van der Waals surface area contributed by atoms with Crippen molar-refractivity contribution in [2.45, 2.75) is 13.0 Å². The summed E-state index contributed by atoms with van der Waals surface area (Å²) in [5.41, 5.74) is 1.75. The average molecular weight is 284 g/mol. The number of hydrogen-bond acceptors (Lipinski definition) is 3. The Balaban J connectivity index is 2.17. The molecule has 0 amide bonds. The topological polar surface area (TPSA) is 29.5 Å². The minimum Gasteiger partial charge on any atom is -0.465 e. The zero-order valence-electron chi connectivity index (χ0n) is 9.20. The SMILES string of the molecule is COC(=O)c1ccc(Br)c(CN2CCC2)c1. The second-order valence-corrected chi connectivity index (χ2v) is 4.78. The highest BCUT2D eigenvalue weighted by Gasteiger charge is 2.16. The Labute approximate surface area is 104 Å². The fourth-order valence-corrected chi connectivity index (χ4v) is 2.09. The molecule has 1 saturated heterocycles. The monoisotopic (exact) mass is 283 g/mol. The van der Waals surface area contributed by atoms with E-state index in [-0.39, 0.29) is 5.97 Å². The third-order valence-corrected chi connectivity index (χ3v) is 3.58. The maximum absolute atomic E-state index is 11.4. The number of halogens is 1. The Morgan fingerprint density at radius 1 is 1.50 bits per heavy atom. The van der Waals surface area contributed by atoms with E-state index in [9.17, 15) is 4.79 Å². The van der Waals surface area contributed by atoms with E-state index in [1.54, 1.807) is 6.07 Å². The lowest BCUT2D eigenvalue weighted by atomic mass is 10.1. The van der Waals surface area contributed by atoms with Gasteiger partial charge in [0.2, 0.25) is 0 Å². The summed E-state index contributed by atoms with van der Waals surface area (Å²) < 4.78 is 5.76. The lowest BCUT2D eigenvalue weighted by Gasteiger charge is -2.31. The molecule has 0 saturated carbocycles. The summed E-state index contributed by atoms with van der Waals surface area (Å²) in [5, 5.41) is 0. The predicted octanol–water partition coefficient (Wildman–Crippen LogP) is 2.44. The molecule has 86 valence electrons. The van der Waals surface area contributed by atoms with Crippen molar-refractivity contribution in [3.8, 4) is 0 Å². The van der Waals surface area contributed by atoms with E-state index >= 15 is 0 Å². The first kappa shape index (κ1) is 11.6. The second-order valence-electron chi connectivity index (χ2n) is 3.93. The molecule has 1 fully saturated rings. The molecule has 0 unspecified atom stereocenters. The molecule has 16 heavy (non-hydrogen) atoms. The van der Waals surface area contributed by atoms with Crippen LogP contribution in [0.15, 0.2) is 22.7 Å². The van der Waals surface area contributed by atoms with E-state index in [4.69, 9.17) is 4.74 Å². The molecule has 1 heterocycles. The number of rotatable bonds is 3. The summed E-state index contributed by atoms with van der Waals surface area (Å²) in [5.74, 6) is -0.280. The molecule has 0 aliphatic carbocycles. The van der Waals surface area contributed by atoms with Crippen molar-refractivity contribution in [2.75, 3.05) is 20.2 Å². The molecular formula is C12H14BrNO2. The van der Waals surface area contributed by atoms with Crippen molar-refractivity contribution in [2.24, 2.45) is 0 Å². The first-order valence-corrected chi connectivity index (χ1v) is 6.09. The molecule has 1 aromatic carbocycles. The van der Waals surface area contributed by atoms with Crippen LogP contribution >= 0.6 is 15.9 Å². The van der Waals surface area contributed by atoms with E-state index in [1.165, 1.54) is 13.5 Å². The van der Waals surface area contributed by atoms with Gasteiger partial charge in [-0.2, -0.15) is 0 Å². The number of nitrogens with zero attached hydrogens (tertiary/aromatic N) is 1. The number of carbonyl (C=O) groups excluding carboxylic acids is 1. The molecule has 0 bridgehead atoms. The van der Waals surface area contributed by atoms with Crippen molar-refractivity contribution in [1.82, 2.24) is 4.90 Å². The fourth-order valence-electron chi connectivity index (χ4n) is 1.72. The van der Waals surface area contributed by atoms with Gasteiger partial charge in [0.05, 0.1) is 12.7 Å². The number of benzene rings is 1. The summed E-state index contributed by atoms with van der Waals surface area (Å²) in [6.07, 6.45) is 1.27. The van der Waals surface area contributed by atoms with Gasteiger partial charge in [-0.1, -0.05) is 15.9 Å². The van der Waals surface area contributed by atoms with Gasteiger partial charge in [0.15, 0.2) is 0 Å². The van der Waals surface area contributed by atoms with Gasteiger partial charge >= 0.3 is 5.97 Å². The van der Waals surface area contributed by atoms with Crippen molar-refractivity contribution >= 4 is 21.9 Å². The molecule has 0 N–H and O–H groups in total. The third-order valence-electron chi connectivity index (χ3n) is 2.81. The molecular weight excluding hydrogens is 270 g/mol. The Kier molecular flexibility index (Phi) is 3.61. The first-order valence-electron chi connectivity index (χ1n) is 5.30. The molecule has 2 rings (SSSR count). The van der Waals surface area contributed by atoms with Crippen LogP contribution in [0.2, 0.25) is 0 Å². The lowest BCUT2D eigenvalue weighted by Crippen LogP contribution is -2.36. The van der Waals surface area contributed by atoms with Crippen LogP contribution in [0.25, 0.3) is 0 Å². The van der Waals surface area contributed by atoms with Gasteiger partial charge in [-0.25, -0.2) is 4.79 Å². The number of hydrogen-bond donors (Lipinski definition) is 0. The molecule has 1 aliphatic rings. The number of ether oxygens (including phenoxy) is 1. The molecule has 3 nitrogen and oxygen atoms in total. The minimum atomic E-state index is -0.280. The smallest absolute Gasteiger partial charge is 0.337 e. The Bertz CT molecular complexity index is 402. The molecule has 1 aromatic rings. The zero-order valence-corrected chi connectivity index (χ0v) is 10.8. The minimum absolute atomic E-state index is 0.280. The highest BCUT2D eigenvalue weighted by Crippen LogP contribution is 2.22. The summed E-state index contributed by atoms with van der Waals surface area (Å²) in [4.78, 5) is 13.7. The van der Waals surface area contributed by atoms with Crippen LogP contribution in [0.3, 0.4) is 0 Å². The van der Waals surface area contributed by atoms with Crippen LogP contribution in [-0.4, -0.2) is 31.1 Å². The Morgan fingerprint density at radius 2 is 2.25 bits per heavy atom. The predicted molar refractivity (Wildman–Crippen MR) is 65.4 cm³/mol. The van der Waals surface area contributed by atoms with E-state index in [0.717, 1.165) is 29.7 Å². The largest absolute Gasteiger partial charge is 0.465 e.